The van der Waals surface area contributed by atoms with Crippen molar-refractivity contribution in [2.75, 3.05) is 5.32 Å². The second-order valence-corrected chi connectivity index (χ2v) is 5.69. The lowest BCUT2D eigenvalue weighted by molar-refractivity contribution is 0.890. The van der Waals surface area contributed by atoms with Crippen LogP contribution in [0.2, 0.25) is 0 Å². The zero-order valence-corrected chi connectivity index (χ0v) is 13.6. The summed E-state index contributed by atoms with van der Waals surface area (Å²) in [5.74, 6) is 1.48. The van der Waals surface area contributed by atoms with E-state index < -0.39 is 0 Å². The molecule has 2 aromatic carbocycles. The lowest BCUT2D eigenvalue weighted by atomic mass is 10.2. The van der Waals surface area contributed by atoms with Gasteiger partial charge < -0.3 is 5.32 Å². The first-order chi connectivity index (χ1) is 11.7. The molecule has 1 N–H and O–H groups in total. The molecule has 0 amide bonds. The van der Waals surface area contributed by atoms with Crippen molar-refractivity contribution < 1.29 is 0 Å². The van der Waals surface area contributed by atoms with E-state index in [0.717, 1.165) is 33.8 Å². The van der Waals surface area contributed by atoms with Gasteiger partial charge in [0.1, 0.15) is 11.6 Å². The van der Waals surface area contributed by atoms with E-state index in [2.05, 4.69) is 33.4 Å². The third-order valence-corrected chi connectivity index (χ3v) is 3.94. The molecule has 4 rings (SSSR count). The molecule has 0 spiro atoms. The van der Waals surface area contributed by atoms with E-state index in [1.54, 1.807) is 0 Å². The van der Waals surface area contributed by atoms with Crippen molar-refractivity contribution in [3.63, 3.8) is 0 Å². The first kappa shape index (κ1) is 14.4. The summed E-state index contributed by atoms with van der Waals surface area (Å²) < 4.78 is 1.84. The van der Waals surface area contributed by atoms with Crippen molar-refractivity contribution in [2.45, 2.75) is 13.8 Å². The first-order valence-electron chi connectivity index (χ1n) is 7.83. The van der Waals surface area contributed by atoms with Gasteiger partial charge in [-0.3, -0.25) is 0 Å². The van der Waals surface area contributed by atoms with Crippen LogP contribution < -0.4 is 5.32 Å². The first-order valence-corrected chi connectivity index (χ1v) is 7.83. The maximum absolute atomic E-state index is 4.59. The number of para-hydroxylation sites is 2. The van der Waals surface area contributed by atoms with Crippen LogP contribution in [-0.4, -0.2) is 19.7 Å². The summed E-state index contributed by atoms with van der Waals surface area (Å²) in [5, 5.41) is 8.82. The normalized spacial score (nSPS) is 10.9. The van der Waals surface area contributed by atoms with Gasteiger partial charge >= 0.3 is 0 Å². The Bertz CT molecular complexity index is 1000. The van der Waals surface area contributed by atoms with E-state index in [9.17, 15) is 0 Å². The lowest BCUT2D eigenvalue weighted by Crippen LogP contribution is -2.02. The molecule has 0 aliphatic carbocycles. The molecule has 4 aromatic rings. The number of hydrogen-bond donors (Lipinski definition) is 1. The Morgan fingerprint density at radius 3 is 2.42 bits per heavy atom. The number of benzene rings is 2. The van der Waals surface area contributed by atoms with Crippen molar-refractivity contribution >= 4 is 22.5 Å². The average molecular weight is 315 g/mol. The highest BCUT2D eigenvalue weighted by Crippen LogP contribution is 2.26. The zero-order valence-electron chi connectivity index (χ0n) is 13.6. The minimum atomic E-state index is 0.705. The van der Waals surface area contributed by atoms with Gasteiger partial charge in [-0.05, 0) is 37.6 Å². The van der Waals surface area contributed by atoms with Crippen molar-refractivity contribution in [3.05, 3.63) is 72.2 Å². The predicted octanol–water partition coefficient (Wildman–Crippen LogP) is 4.18. The molecule has 5 nitrogen and oxygen atoms in total. The SMILES string of the molecule is Cc1nc(Nc2ccccc2C)c2cnn(-c3ccccc3)c2n1. The van der Waals surface area contributed by atoms with Crippen LogP contribution in [0.5, 0.6) is 0 Å². The molecule has 2 aromatic heterocycles. The molecule has 0 aliphatic heterocycles. The molecule has 118 valence electrons. The van der Waals surface area contributed by atoms with Gasteiger partial charge in [0, 0.05) is 5.69 Å². The summed E-state index contributed by atoms with van der Waals surface area (Å²) in [4.78, 5) is 9.16. The third kappa shape index (κ3) is 2.50. The highest BCUT2D eigenvalue weighted by molar-refractivity contribution is 5.89. The molecule has 2 heterocycles. The van der Waals surface area contributed by atoms with Crippen molar-refractivity contribution in [3.8, 4) is 5.69 Å². The Balaban J connectivity index is 1.86. The Hall–Kier alpha value is -3.21. The smallest absolute Gasteiger partial charge is 0.168 e. The monoisotopic (exact) mass is 315 g/mol. The van der Waals surface area contributed by atoms with Gasteiger partial charge in [-0.2, -0.15) is 5.10 Å². The molecule has 0 bridgehead atoms. The van der Waals surface area contributed by atoms with Crippen molar-refractivity contribution in [1.82, 2.24) is 19.7 Å². The van der Waals surface area contributed by atoms with Crippen molar-refractivity contribution in [1.29, 1.82) is 0 Å². The Morgan fingerprint density at radius 2 is 1.62 bits per heavy atom. The largest absolute Gasteiger partial charge is 0.339 e. The van der Waals surface area contributed by atoms with E-state index in [-0.39, 0.29) is 0 Å². The molecule has 0 atom stereocenters. The van der Waals surface area contributed by atoms with Crippen molar-refractivity contribution in [2.24, 2.45) is 0 Å². The fourth-order valence-corrected chi connectivity index (χ4v) is 2.71. The molecule has 0 saturated heterocycles. The van der Waals surface area contributed by atoms with Gasteiger partial charge in [0.05, 0.1) is 17.3 Å². The number of rotatable bonds is 3. The van der Waals surface area contributed by atoms with E-state index in [1.807, 2.05) is 66.3 Å². The minimum absolute atomic E-state index is 0.705. The van der Waals surface area contributed by atoms with Crippen LogP contribution in [0.1, 0.15) is 11.4 Å². The number of fused-ring (bicyclic) bond motifs is 1. The summed E-state index contributed by atoms with van der Waals surface area (Å²) >= 11 is 0. The molecule has 0 unspecified atom stereocenters. The maximum atomic E-state index is 4.59. The van der Waals surface area contributed by atoms with Crippen LogP contribution in [0.25, 0.3) is 16.7 Å². The second-order valence-electron chi connectivity index (χ2n) is 5.69. The van der Waals surface area contributed by atoms with E-state index in [4.69, 9.17) is 0 Å². The zero-order chi connectivity index (χ0) is 16.5. The molecule has 0 saturated carbocycles. The lowest BCUT2D eigenvalue weighted by Gasteiger charge is -2.10. The molecule has 0 aliphatic rings. The Labute approximate surface area is 140 Å². The summed E-state index contributed by atoms with van der Waals surface area (Å²) in [5.41, 5.74) is 3.97. The highest BCUT2D eigenvalue weighted by atomic mass is 15.3. The van der Waals surface area contributed by atoms with Crippen LogP contribution in [-0.2, 0) is 0 Å². The number of nitrogens with one attached hydrogen (secondary N) is 1. The van der Waals surface area contributed by atoms with E-state index in [0.29, 0.717) is 5.82 Å². The molecule has 0 radical (unpaired) electrons. The van der Waals surface area contributed by atoms with Crippen LogP contribution in [0.4, 0.5) is 11.5 Å². The maximum Gasteiger partial charge on any atom is 0.168 e. The van der Waals surface area contributed by atoms with Crippen LogP contribution in [0, 0.1) is 13.8 Å². The Morgan fingerprint density at radius 1 is 0.875 bits per heavy atom. The molecule has 5 heteroatoms. The van der Waals surface area contributed by atoms with Crippen LogP contribution in [0.3, 0.4) is 0 Å². The standard InChI is InChI=1S/C19H17N5/c1-13-8-6-7-11-17(13)23-18-16-12-20-24(15-9-4-3-5-10-15)19(16)22-14(2)21-18/h3-12H,1-2H3,(H,21,22,23). The van der Waals surface area contributed by atoms with Gasteiger partial charge in [-0.25, -0.2) is 14.6 Å². The predicted molar refractivity (Wildman–Crippen MR) is 95.9 cm³/mol. The quantitative estimate of drug-likeness (QED) is 0.616. The third-order valence-electron chi connectivity index (χ3n) is 3.94. The highest BCUT2D eigenvalue weighted by Gasteiger charge is 2.13. The topological polar surface area (TPSA) is 55.6 Å². The number of nitrogens with zero attached hydrogens (tertiary/aromatic N) is 4. The summed E-state index contributed by atoms with van der Waals surface area (Å²) in [6, 6.07) is 18.1. The van der Waals surface area contributed by atoms with E-state index >= 15 is 0 Å². The average Bonchev–Trinajstić information content (AvgIpc) is 3.01. The van der Waals surface area contributed by atoms with Gasteiger partial charge in [-0.1, -0.05) is 36.4 Å². The number of aromatic nitrogens is 4. The number of hydrogen-bond acceptors (Lipinski definition) is 4. The van der Waals surface area contributed by atoms with E-state index in [1.165, 1.54) is 0 Å². The molecular weight excluding hydrogens is 298 g/mol. The number of anilines is 2. The number of aryl methyl sites for hydroxylation is 2. The summed E-state index contributed by atoms with van der Waals surface area (Å²) in [6.07, 6.45) is 1.81. The molecule has 0 fully saturated rings. The second kappa shape index (κ2) is 5.77. The Kier molecular flexibility index (Phi) is 3.46. The van der Waals surface area contributed by atoms with Gasteiger partial charge in [-0.15, -0.1) is 0 Å². The van der Waals surface area contributed by atoms with Gasteiger partial charge in [0.15, 0.2) is 5.65 Å². The van der Waals surface area contributed by atoms with Crippen LogP contribution >= 0.6 is 0 Å². The van der Waals surface area contributed by atoms with Gasteiger partial charge in [0.2, 0.25) is 0 Å². The fraction of sp³-hybridized carbons (Fsp3) is 0.105. The minimum Gasteiger partial charge on any atom is -0.339 e. The summed E-state index contributed by atoms with van der Waals surface area (Å²) in [6.45, 7) is 3.96. The molecule has 24 heavy (non-hydrogen) atoms. The fourth-order valence-electron chi connectivity index (χ4n) is 2.71. The van der Waals surface area contributed by atoms with Crippen LogP contribution in [0.15, 0.2) is 60.8 Å². The van der Waals surface area contributed by atoms with Gasteiger partial charge in [0.25, 0.3) is 0 Å². The summed E-state index contributed by atoms with van der Waals surface area (Å²) in [7, 11) is 0. The molecular formula is C19H17N5.